The van der Waals surface area contributed by atoms with Gasteiger partial charge in [-0.2, -0.15) is 0 Å². The molecule has 0 aliphatic rings. The number of ether oxygens (including phenoxy) is 1. The Morgan fingerprint density at radius 1 is 1.50 bits per heavy atom. The number of anilines is 1. The van der Waals surface area contributed by atoms with Gasteiger partial charge in [-0.1, -0.05) is 6.92 Å². The third-order valence-corrected chi connectivity index (χ3v) is 4.19. The van der Waals surface area contributed by atoms with Gasteiger partial charge in [-0.3, -0.25) is 0 Å². The molecule has 0 aliphatic carbocycles. The minimum Gasteiger partial charge on any atom is -0.383 e. The highest BCUT2D eigenvalue weighted by atomic mass is 32.1. The zero-order valence-corrected chi connectivity index (χ0v) is 12.9. The van der Waals surface area contributed by atoms with Crippen molar-refractivity contribution < 1.29 is 4.74 Å². The standard InChI is InChI=1S/C13H25N3OS/c1-6-10(2)16(7-8-17-5)13-15-12(9-18-13)11(3)14-4/h9-11,14H,6-8H2,1-5H3. The number of hydrogen-bond acceptors (Lipinski definition) is 5. The fourth-order valence-electron chi connectivity index (χ4n) is 1.67. The summed E-state index contributed by atoms with van der Waals surface area (Å²) < 4.78 is 5.19. The van der Waals surface area contributed by atoms with Crippen LogP contribution in [0.4, 0.5) is 5.13 Å². The van der Waals surface area contributed by atoms with Crippen molar-refractivity contribution in [1.82, 2.24) is 10.3 Å². The Morgan fingerprint density at radius 2 is 2.22 bits per heavy atom. The Hall–Kier alpha value is -0.650. The molecule has 0 aromatic carbocycles. The molecule has 0 saturated heterocycles. The number of hydrogen-bond donors (Lipinski definition) is 1. The molecule has 2 unspecified atom stereocenters. The lowest BCUT2D eigenvalue weighted by molar-refractivity contribution is 0.203. The highest BCUT2D eigenvalue weighted by Gasteiger charge is 2.17. The summed E-state index contributed by atoms with van der Waals surface area (Å²) in [6.07, 6.45) is 1.11. The van der Waals surface area contributed by atoms with Crippen LogP contribution in [0.25, 0.3) is 0 Å². The Kier molecular flexibility index (Phi) is 6.60. The van der Waals surface area contributed by atoms with E-state index in [1.165, 1.54) is 0 Å². The normalized spacial score (nSPS) is 14.5. The van der Waals surface area contributed by atoms with Crippen LogP contribution in [0.2, 0.25) is 0 Å². The van der Waals surface area contributed by atoms with Crippen LogP contribution in [0.3, 0.4) is 0 Å². The number of nitrogens with one attached hydrogen (secondary N) is 1. The van der Waals surface area contributed by atoms with Crippen LogP contribution in [0.1, 0.15) is 38.9 Å². The molecular formula is C13H25N3OS. The molecule has 1 N–H and O–H groups in total. The Balaban J connectivity index is 2.81. The number of rotatable bonds is 8. The van der Waals surface area contributed by atoms with Crippen molar-refractivity contribution in [1.29, 1.82) is 0 Å². The van der Waals surface area contributed by atoms with Crippen LogP contribution in [0, 0.1) is 0 Å². The first-order valence-corrected chi connectivity index (χ1v) is 7.40. The smallest absolute Gasteiger partial charge is 0.185 e. The summed E-state index contributed by atoms with van der Waals surface area (Å²) in [5.74, 6) is 0. The van der Waals surface area contributed by atoms with Crippen molar-refractivity contribution in [2.45, 2.75) is 39.3 Å². The Morgan fingerprint density at radius 3 is 2.78 bits per heavy atom. The molecule has 1 aromatic heterocycles. The maximum absolute atomic E-state index is 5.19. The molecule has 0 bridgehead atoms. The topological polar surface area (TPSA) is 37.4 Å². The minimum atomic E-state index is 0.302. The van der Waals surface area contributed by atoms with Gasteiger partial charge in [-0.05, 0) is 27.3 Å². The summed E-state index contributed by atoms with van der Waals surface area (Å²) >= 11 is 1.71. The number of aromatic nitrogens is 1. The molecule has 0 amide bonds. The van der Waals surface area contributed by atoms with Crippen molar-refractivity contribution in [2.75, 3.05) is 32.2 Å². The summed E-state index contributed by atoms with van der Waals surface area (Å²) in [7, 11) is 3.70. The van der Waals surface area contributed by atoms with E-state index in [2.05, 4.69) is 36.4 Å². The van der Waals surface area contributed by atoms with E-state index in [-0.39, 0.29) is 0 Å². The lowest BCUT2D eigenvalue weighted by Crippen LogP contribution is -2.35. The lowest BCUT2D eigenvalue weighted by atomic mass is 10.2. The maximum Gasteiger partial charge on any atom is 0.185 e. The van der Waals surface area contributed by atoms with Crippen LogP contribution in [0.15, 0.2) is 5.38 Å². The molecule has 1 aromatic rings. The molecule has 5 heteroatoms. The zero-order chi connectivity index (χ0) is 13.5. The fourth-order valence-corrected chi connectivity index (χ4v) is 2.72. The van der Waals surface area contributed by atoms with E-state index in [9.17, 15) is 0 Å². The second kappa shape index (κ2) is 7.71. The maximum atomic E-state index is 5.19. The molecule has 0 radical (unpaired) electrons. The first-order chi connectivity index (χ1) is 8.63. The average molecular weight is 271 g/mol. The van der Waals surface area contributed by atoms with Crippen molar-refractivity contribution >= 4 is 16.5 Å². The minimum absolute atomic E-state index is 0.302. The predicted molar refractivity (Wildman–Crippen MR) is 78.6 cm³/mol. The Bertz CT molecular complexity index is 343. The summed E-state index contributed by atoms with van der Waals surface area (Å²) in [4.78, 5) is 7.06. The molecule has 18 heavy (non-hydrogen) atoms. The highest BCUT2D eigenvalue weighted by Crippen LogP contribution is 2.26. The van der Waals surface area contributed by atoms with Crippen LogP contribution in [-0.4, -0.2) is 38.3 Å². The van der Waals surface area contributed by atoms with Crippen molar-refractivity contribution in [3.05, 3.63) is 11.1 Å². The van der Waals surface area contributed by atoms with Gasteiger partial charge in [0.15, 0.2) is 5.13 Å². The van der Waals surface area contributed by atoms with Gasteiger partial charge in [-0.25, -0.2) is 4.98 Å². The predicted octanol–water partition coefficient (Wildman–Crippen LogP) is 2.67. The number of nitrogens with zero attached hydrogens (tertiary/aromatic N) is 2. The molecule has 0 fully saturated rings. The van der Waals surface area contributed by atoms with E-state index >= 15 is 0 Å². The van der Waals surface area contributed by atoms with Gasteiger partial charge in [0.1, 0.15) is 0 Å². The average Bonchev–Trinajstić information content (AvgIpc) is 2.87. The number of thiazole rings is 1. The molecule has 104 valence electrons. The molecule has 0 spiro atoms. The number of methoxy groups -OCH3 is 1. The first kappa shape index (κ1) is 15.4. The third kappa shape index (κ3) is 3.93. The van der Waals surface area contributed by atoms with Crippen LogP contribution in [-0.2, 0) is 4.74 Å². The largest absolute Gasteiger partial charge is 0.383 e. The summed E-state index contributed by atoms with van der Waals surface area (Å²) in [5.41, 5.74) is 1.11. The summed E-state index contributed by atoms with van der Waals surface area (Å²) in [5, 5.41) is 6.45. The van der Waals surface area contributed by atoms with Gasteiger partial charge in [-0.15, -0.1) is 11.3 Å². The van der Waals surface area contributed by atoms with Gasteiger partial charge in [0.2, 0.25) is 0 Å². The second-order valence-electron chi connectivity index (χ2n) is 4.51. The van der Waals surface area contributed by atoms with Gasteiger partial charge < -0.3 is 15.0 Å². The summed E-state index contributed by atoms with van der Waals surface area (Å²) in [6.45, 7) is 8.20. The summed E-state index contributed by atoms with van der Waals surface area (Å²) in [6, 6.07) is 0.792. The van der Waals surface area contributed by atoms with E-state index in [4.69, 9.17) is 9.72 Å². The second-order valence-corrected chi connectivity index (χ2v) is 5.35. The molecule has 1 heterocycles. The van der Waals surface area contributed by atoms with Crippen LogP contribution in [0.5, 0.6) is 0 Å². The van der Waals surface area contributed by atoms with Crippen molar-refractivity contribution in [2.24, 2.45) is 0 Å². The van der Waals surface area contributed by atoms with E-state index in [1.54, 1.807) is 18.4 Å². The van der Waals surface area contributed by atoms with E-state index in [0.29, 0.717) is 12.1 Å². The molecule has 4 nitrogen and oxygen atoms in total. The molecule has 2 atom stereocenters. The quantitative estimate of drug-likeness (QED) is 0.789. The lowest BCUT2D eigenvalue weighted by Gasteiger charge is -2.27. The molecule has 0 aliphatic heterocycles. The molecular weight excluding hydrogens is 246 g/mol. The van der Waals surface area contributed by atoms with Crippen LogP contribution >= 0.6 is 11.3 Å². The third-order valence-electron chi connectivity index (χ3n) is 3.29. The monoisotopic (exact) mass is 271 g/mol. The van der Waals surface area contributed by atoms with Crippen molar-refractivity contribution in [3.63, 3.8) is 0 Å². The molecule has 0 saturated carbocycles. The SMILES string of the molecule is CCC(C)N(CCOC)c1nc(C(C)NC)cs1. The highest BCUT2D eigenvalue weighted by molar-refractivity contribution is 7.13. The Labute approximate surface area is 114 Å². The van der Waals surface area contributed by atoms with E-state index in [1.807, 2.05) is 7.05 Å². The van der Waals surface area contributed by atoms with Gasteiger partial charge >= 0.3 is 0 Å². The van der Waals surface area contributed by atoms with Gasteiger partial charge in [0, 0.05) is 31.1 Å². The fraction of sp³-hybridized carbons (Fsp3) is 0.769. The first-order valence-electron chi connectivity index (χ1n) is 6.52. The van der Waals surface area contributed by atoms with E-state index < -0.39 is 0 Å². The van der Waals surface area contributed by atoms with Crippen LogP contribution < -0.4 is 10.2 Å². The van der Waals surface area contributed by atoms with Gasteiger partial charge in [0.25, 0.3) is 0 Å². The zero-order valence-electron chi connectivity index (χ0n) is 12.1. The van der Waals surface area contributed by atoms with Crippen molar-refractivity contribution in [3.8, 4) is 0 Å². The molecule has 1 rings (SSSR count). The van der Waals surface area contributed by atoms with E-state index in [0.717, 1.165) is 30.4 Å². The van der Waals surface area contributed by atoms with Gasteiger partial charge in [0.05, 0.1) is 12.3 Å².